The summed E-state index contributed by atoms with van der Waals surface area (Å²) < 4.78 is 61.5. The summed E-state index contributed by atoms with van der Waals surface area (Å²) in [4.78, 5) is 84.5. The predicted molar refractivity (Wildman–Crippen MR) is 506 cm³/mol. The van der Waals surface area contributed by atoms with Crippen LogP contribution in [0.4, 0.5) is 17.5 Å². The summed E-state index contributed by atoms with van der Waals surface area (Å²) in [5.41, 5.74) is 16.7. The number of nitrogens with zero attached hydrogens (tertiary/aromatic N) is 17. The third-order valence-corrected chi connectivity index (χ3v) is 27.4. The molecule has 9 saturated heterocycles. The van der Waals surface area contributed by atoms with Crippen molar-refractivity contribution in [1.82, 2.24) is 89.6 Å². The largest absolute Gasteiger partial charge is 0.432 e. The number of fused-ring (bicyclic) bond motifs is 12. The van der Waals surface area contributed by atoms with Crippen molar-refractivity contribution in [2.75, 3.05) is 200 Å². The minimum absolute atomic E-state index is 0. The zero-order valence-corrected chi connectivity index (χ0v) is 74.1. The van der Waals surface area contributed by atoms with Crippen LogP contribution in [0.25, 0.3) is 133 Å². The molecule has 128 heavy (non-hydrogen) atoms. The number of aromatic amines is 3. The number of likely N-dealkylation sites (tertiary alicyclic amines) is 5. The molecule has 0 atom stereocenters. The standard InChI is InChI=1S/2C31H35N7O2.C22H17N5O3.C9H18N2.CH4O3S.CH4.ClH.H2/c2*1-36-10-6-31(20-36)7-11-37(12-8-31)19-21-17-24-26-27(40-30(24)33-18-21)29(38-13-15-39-16-14-38)35-28(34-26)23-3-2-4-25-22(23)5-9-32-25;28-12-13-10-16-18-19(30-22(16)24-11-13)21(27-6-8-29-9-7-27)26-20(25-18)15-2-1-3-17-14(15)4-5-23-17;1-11-7-4-9(8-11)2-5-10-6-3-9;1-5(2,3)4;;;/h2*2-5,9,17-18,32H,6-8,10-16,19-20H2,1H3;1-5,10-12,23H,6-9H2;10H,2-8H2,1H3;1H3,(H,2,3,4);1H4;2*1H/i;;;;;;;1+1. The summed E-state index contributed by atoms with van der Waals surface area (Å²) in [6.07, 6.45) is 24.8. The Hall–Kier alpha value is -10.7. The molecule has 3 spiro atoms. The summed E-state index contributed by atoms with van der Waals surface area (Å²) in [6, 6.07) is 30.9. The normalized spacial score (nSPS) is 19.4. The Kier molecular flexibility index (Phi) is 25.7. The number of pyridine rings is 3. The fourth-order valence-corrected chi connectivity index (χ4v) is 20.6. The van der Waals surface area contributed by atoms with E-state index in [0.717, 1.165) is 160 Å². The van der Waals surface area contributed by atoms with Crippen molar-refractivity contribution >= 4 is 146 Å². The minimum atomic E-state index is -3.67. The number of aromatic nitrogens is 12. The van der Waals surface area contributed by atoms with Crippen molar-refractivity contribution in [3.63, 3.8) is 0 Å². The lowest BCUT2D eigenvalue weighted by atomic mass is 9.78. The summed E-state index contributed by atoms with van der Waals surface area (Å²) in [6.45, 7) is 24.9. The van der Waals surface area contributed by atoms with Gasteiger partial charge in [-0.2, -0.15) is 8.42 Å². The highest BCUT2D eigenvalue weighted by Crippen LogP contribution is 2.46. The van der Waals surface area contributed by atoms with Crippen molar-refractivity contribution in [1.29, 1.82) is 0 Å². The first-order chi connectivity index (χ1) is 61.4. The maximum absolute atomic E-state index is 11.3. The molecule has 12 aromatic heterocycles. The summed E-state index contributed by atoms with van der Waals surface area (Å²) in [7, 11) is 3.10. The van der Waals surface area contributed by atoms with Gasteiger partial charge in [0, 0.05) is 166 Å². The molecule has 5 N–H and O–H groups in total. The van der Waals surface area contributed by atoms with Gasteiger partial charge in [0.1, 0.15) is 16.6 Å². The first kappa shape index (κ1) is 87.9. The number of ether oxygens (including phenoxy) is 3. The molecule has 0 aliphatic carbocycles. The average Bonchev–Trinajstić information content (AvgIpc) is 1.61. The predicted octanol–water partition coefficient (Wildman–Crippen LogP) is 14.4. The van der Waals surface area contributed by atoms with Gasteiger partial charge in [-0.1, -0.05) is 43.8 Å². The Morgan fingerprint density at radius 3 is 1.08 bits per heavy atom. The van der Waals surface area contributed by atoms with E-state index in [9.17, 15) is 13.2 Å². The van der Waals surface area contributed by atoms with Gasteiger partial charge in [-0.05, 0) is 220 Å². The van der Waals surface area contributed by atoms with E-state index in [-0.39, 0.29) is 21.3 Å². The van der Waals surface area contributed by atoms with Crippen LogP contribution in [0.15, 0.2) is 141 Å². The number of furan rings is 3. The minimum Gasteiger partial charge on any atom is -0.432 e. The van der Waals surface area contributed by atoms with Crippen molar-refractivity contribution < 1.29 is 46.7 Å². The Morgan fingerprint density at radius 1 is 0.430 bits per heavy atom. The maximum Gasteiger partial charge on any atom is 0.261 e. The van der Waals surface area contributed by atoms with Gasteiger partial charge in [-0.25, -0.2) is 44.9 Å². The van der Waals surface area contributed by atoms with Gasteiger partial charge in [0.25, 0.3) is 10.1 Å². The van der Waals surface area contributed by atoms with Crippen molar-refractivity contribution in [2.45, 2.75) is 78.3 Å². The smallest absolute Gasteiger partial charge is 0.261 e. The van der Waals surface area contributed by atoms with E-state index in [1.54, 1.807) is 6.07 Å². The Bertz CT molecular complexity index is 6330. The highest BCUT2D eigenvalue weighted by atomic mass is 35.5. The molecule has 674 valence electrons. The second-order valence-electron chi connectivity index (χ2n) is 36.1. The molecule has 0 amide bonds. The van der Waals surface area contributed by atoms with Gasteiger partial charge in [0.15, 0.2) is 58.0 Å². The Morgan fingerprint density at radius 2 is 0.750 bits per heavy atom. The number of morpholine rings is 3. The number of piperidine rings is 3. The van der Waals surface area contributed by atoms with Crippen LogP contribution in [-0.4, -0.2) is 288 Å². The van der Waals surface area contributed by atoms with E-state index >= 15 is 0 Å². The zero-order valence-electron chi connectivity index (χ0n) is 72.5. The quantitative estimate of drug-likeness (QED) is 0.0593. The fraction of sp³-hybridized carbons (Fsp3) is 0.453. The Balaban J connectivity index is 0.000000124. The van der Waals surface area contributed by atoms with Crippen LogP contribution in [0.5, 0.6) is 0 Å². The van der Waals surface area contributed by atoms with Crippen LogP contribution in [0.2, 0.25) is 0 Å². The monoisotopic (exact) mass is 1780 g/mol. The second kappa shape index (κ2) is 37.4. The number of carbonyl (C=O) groups excluding carboxylic acids is 1. The number of hydrogen-bond acceptors (Lipinski definition) is 27. The van der Waals surface area contributed by atoms with E-state index in [1.807, 2.05) is 55.2 Å². The Labute approximate surface area is 750 Å². The molecular formula is C95H116ClN21O10S. The van der Waals surface area contributed by atoms with Crippen molar-refractivity contribution in [3.05, 3.63) is 145 Å². The molecule has 9 fully saturated rings. The van der Waals surface area contributed by atoms with E-state index in [2.05, 4.69) is 146 Å². The van der Waals surface area contributed by atoms with Gasteiger partial charge in [0.2, 0.25) is 17.1 Å². The number of rotatable bonds is 11. The van der Waals surface area contributed by atoms with E-state index in [0.29, 0.717) is 143 Å². The van der Waals surface area contributed by atoms with E-state index in [4.69, 9.17) is 71.9 Å². The lowest BCUT2D eigenvalue weighted by Gasteiger charge is -2.39. The third kappa shape index (κ3) is 18.5. The summed E-state index contributed by atoms with van der Waals surface area (Å²) >= 11 is 0. The summed E-state index contributed by atoms with van der Waals surface area (Å²) in [5.74, 6) is 4.37. The molecule has 15 aromatic rings. The fourth-order valence-electron chi connectivity index (χ4n) is 20.6. The molecule has 0 saturated carbocycles. The molecule has 24 rings (SSSR count). The number of H-pyrrole nitrogens is 3. The maximum atomic E-state index is 11.3. The van der Waals surface area contributed by atoms with Crippen LogP contribution >= 0.6 is 12.4 Å². The third-order valence-electron chi connectivity index (χ3n) is 27.4. The highest BCUT2D eigenvalue weighted by Gasteiger charge is 2.42. The summed E-state index contributed by atoms with van der Waals surface area (Å²) in [5, 5.41) is 9.31. The number of nitrogens with one attached hydrogen (secondary N) is 4. The second-order valence-corrected chi connectivity index (χ2v) is 37.6. The molecule has 0 unspecified atom stereocenters. The molecule has 33 heteroatoms. The lowest BCUT2D eigenvalue weighted by molar-refractivity contribution is 0.105. The number of halogens is 1. The molecule has 0 radical (unpaired) electrons. The highest BCUT2D eigenvalue weighted by molar-refractivity contribution is 7.85. The lowest BCUT2D eigenvalue weighted by Crippen LogP contribution is -2.40. The molecule has 9 aliphatic rings. The van der Waals surface area contributed by atoms with Crippen molar-refractivity contribution in [3.8, 4) is 34.2 Å². The van der Waals surface area contributed by atoms with Crippen LogP contribution in [0, 0.1) is 16.2 Å². The molecular weight excluding hydrogens is 1660 g/mol. The van der Waals surface area contributed by atoms with Gasteiger partial charge in [-0.3, -0.25) is 19.1 Å². The van der Waals surface area contributed by atoms with E-state index in [1.165, 1.54) is 127 Å². The van der Waals surface area contributed by atoms with Gasteiger partial charge >= 0.3 is 0 Å². The van der Waals surface area contributed by atoms with Gasteiger partial charge < -0.3 is 77.1 Å². The van der Waals surface area contributed by atoms with Crippen LogP contribution in [-0.2, 0) is 37.4 Å². The molecule has 3 aromatic carbocycles. The first-order valence-electron chi connectivity index (χ1n) is 44.5. The molecule has 9 aliphatic heterocycles. The van der Waals surface area contributed by atoms with Gasteiger partial charge in [0.05, 0.1) is 62.1 Å². The number of aldehydes is 1. The zero-order chi connectivity index (χ0) is 85.7. The van der Waals surface area contributed by atoms with Gasteiger partial charge in [-0.15, -0.1) is 12.4 Å². The number of hydrogen-bond donors (Lipinski definition) is 5. The number of benzene rings is 3. The van der Waals surface area contributed by atoms with E-state index < -0.39 is 10.1 Å². The van der Waals surface area contributed by atoms with Crippen LogP contribution in [0.3, 0.4) is 0 Å². The number of carbonyl (C=O) groups is 1. The van der Waals surface area contributed by atoms with Crippen LogP contribution in [0.1, 0.15) is 88.1 Å². The topological polar surface area (TPSA) is 340 Å². The SMILES string of the molecule is C.CN1CCC2(CCN(Cc3cnc4oc5c(N6CCOCC6)nc(-c6cccc7[nH]ccc67)nc5c4c3)CC2)C1.CN1CCC2(CCN(Cc3cnc4oc5c(N6CCOCC6)nc(-c6cccc7[nH]ccc67)nc5c4c3)CC2)C1.CN1CCC2(CCNCC2)C1.CS(=O)(=O)O.Cl.O=Cc1cnc2oc3c(N4CCOCC4)nc(-c4cccc5[nH]ccc45)nc3c2c1.[2HH]. The molecule has 31 nitrogen and oxygen atoms in total. The van der Waals surface area contributed by atoms with Crippen LogP contribution < -0.4 is 20.0 Å². The molecule has 0 bridgehead atoms. The van der Waals surface area contributed by atoms with Crippen molar-refractivity contribution in [2.24, 2.45) is 16.2 Å². The number of anilines is 3. The molecule has 21 heterocycles. The average molecular weight is 1780 g/mol. The first-order valence-corrected chi connectivity index (χ1v) is 46.3.